The van der Waals surface area contributed by atoms with E-state index in [1.807, 2.05) is 6.07 Å². The molecule has 0 radical (unpaired) electrons. The van der Waals surface area contributed by atoms with Crippen LogP contribution in [0.25, 0.3) is 11.0 Å². The minimum Gasteiger partial charge on any atom is -0.396 e. The third-order valence-electron chi connectivity index (χ3n) is 3.56. The molecular weight excluding hydrogens is 353 g/mol. The molecule has 0 atom stereocenters. The second kappa shape index (κ2) is 6.80. The summed E-state index contributed by atoms with van der Waals surface area (Å²) in [6.07, 6.45) is 0.333. The van der Waals surface area contributed by atoms with Crippen molar-refractivity contribution in [1.82, 2.24) is 19.7 Å². The second-order valence-corrected chi connectivity index (χ2v) is 6.07. The summed E-state index contributed by atoms with van der Waals surface area (Å²) in [7, 11) is 1.67. The Hall–Kier alpha value is -2.09. The molecule has 0 bridgehead atoms. The van der Waals surface area contributed by atoms with Gasteiger partial charge in [0.1, 0.15) is 5.52 Å². The van der Waals surface area contributed by atoms with Gasteiger partial charge in [0.05, 0.1) is 15.7 Å². The number of aliphatic hydroxyl groups excluding tert-OH is 1. The van der Waals surface area contributed by atoms with E-state index in [4.69, 9.17) is 28.3 Å². The quantitative estimate of drug-likeness (QED) is 0.641. The molecule has 3 aromatic rings. The highest BCUT2D eigenvalue weighted by Gasteiger charge is 2.14. The summed E-state index contributed by atoms with van der Waals surface area (Å²) in [5.74, 6) is 0.325. The first-order chi connectivity index (χ1) is 11.5. The zero-order chi connectivity index (χ0) is 17.3. The van der Waals surface area contributed by atoms with Gasteiger partial charge in [0, 0.05) is 26.6 Å². The number of aromatic amines is 1. The van der Waals surface area contributed by atoms with Gasteiger partial charge in [-0.3, -0.25) is 14.5 Å². The number of benzene rings is 1. The lowest BCUT2D eigenvalue weighted by molar-refractivity contribution is 0.298. The van der Waals surface area contributed by atoms with Crippen LogP contribution in [0, 0.1) is 0 Å². The molecule has 0 amide bonds. The molecular formula is C15H15Cl2N5O2. The number of nitrogens with one attached hydrogen (secondary N) is 2. The highest BCUT2D eigenvalue weighted by atomic mass is 35.5. The number of aromatic nitrogens is 4. The average molecular weight is 368 g/mol. The number of H-pyrrole nitrogens is 1. The van der Waals surface area contributed by atoms with Crippen LogP contribution in [0.4, 0.5) is 5.95 Å². The van der Waals surface area contributed by atoms with Gasteiger partial charge in [0.2, 0.25) is 5.95 Å². The van der Waals surface area contributed by atoms with Crippen LogP contribution in [-0.2, 0) is 20.0 Å². The molecule has 0 aliphatic heterocycles. The van der Waals surface area contributed by atoms with Gasteiger partial charge < -0.3 is 10.4 Å². The topological polar surface area (TPSA) is 95.8 Å². The monoisotopic (exact) mass is 367 g/mol. The summed E-state index contributed by atoms with van der Waals surface area (Å²) in [6, 6.07) is 5.29. The standard InChI is InChI=1S/C15H15Cl2N5O2/c1-22-13-12(11(21-22)4-5-23)19-15(20-14(13)24)18-7-8-2-3-9(16)10(17)6-8/h2-3,6,23H,4-5,7H2,1H3,(H2,18,19,20,24). The van der Waals surface area contributed by atoms with Crippen LogP contribution in [0.2, 0.25) is 10.0 Å². The molecule has 2 heterocycles. The lowest BCUT2D eigenvalue weighted by atomic mass is 10.2. The molecule has 0 unspecified atom stereocenters. The zero-order valence-corrected chi connectivity index (χ0v) is 14.3. The number of aryl methyl sites for hydroxylation is 1. The number of fused-ring (bicyclic) bond motifs is 1. The first-order valence-corrected chi connectivity index (χ1v) is 7.99. The van der Waals surface area contributed by atoms with Crippen molar-refractivity contribution in [2.75, 3.05) is 11.9 Å². The number of halogens is 2. The molecule has 2 aromatic heterocycles. The Bertz CT molecular complexity index is 951. The predicted octanol–water partition coefficient (Wildman–Crippen LogP) is 2.11. The van der Waals surface area contributed by atoms with Crippen LogP contribution in [0.15, 0.2) is 23.0 Å². The fourth-order valence-corrected chi connectivity index (χ4v) is 2.76. The van der Waals surface area contributed by atoms with E-state index in [2.05, 4.69) is 20.4 Å². The lowest BCUT2D eigenvalue weighted by Gasteiger charge is -2.07. The number of rotatable bonds is 5. The predicted molar refractivity (Wildman–Crippen MR) is 93.7 cm³/mol. The van der Waals surface area contributed by atoms with Gasteiger partial charge >= 0.3 is 0 Å². The number of anilines is 1. The van der Waals surface area contributed by atoms with Gasteiger partial charge in [-0.2, -0.15) is 5.10 Å². The molecule has 24 heavy (non-hydrogen) atoms. The maximum Gasteiger partial charge on any atom is 0.278 e. The fraction of sp³-hybridized carbons (Fsp3) is 0.267. The Kier molecular flexibility index (Phi) is 4.75. The number of aliphatic hydroxyl groups is 1. The van der Waals surface area contributed by atoms with Crippen molar-refractivity contribution in [3.63, 3.8) is 0 Å². The molecule has 0 fully saturated rings. The van der Waals surface area contributed by atoms with E-state index >= 15 is 0 Å². The molecule has 9 heteroatoms. The first-order valence-electron chi connectivity index (χ1n) is 7.24. The third-order valence-corrected chi connectivity index (χ3v) is 4.29. The van der Waals surface area contributed by atoms with Crippen LogP contribution in [-0.4, -0.2) is 31.5 Å². The maximum absolute atomic E-state index is 12.3. The minimum atomic E-state index is -0.296. The van der Waals surface area contributed by atoms with Crippen molar-refractivity contribution in [2.24, 2.45) is 7.05 Å². The van der Waals surface area contributed by atoms with Crippen LogP contribution < -0.4 is 10.9 Å². The van der Waals surface area contributed by atoms with E-state index in [0.29, 0.717) is 45.7 Å². The van der Waals surface area contributed by atoms with Crippen molar-refractivity contribution < 1.29 is 5.11 Å². The summed E-state index contributed by atoms with van der Waals surface area (Å²) in [6.45, 7) is 0.355. The maximum atomic E-state index is 12.3. The number of hydrogen-bond acceptors (Lipinski definition) is 5. The summed E-state index contributed by atoms with van der Waals surface area (Å²) in [5, 5.41) is 17.4. The molecule has 1 aromatic carbocycles. The lowest BCUT2D eigenvalue weighted by Crippen LogP contribution is -2.15. The van der Waals surface area contributed by atoms with Crippen LogP contribution in [0.3, 0.4) is 0 Å². The number of nitrogens with zero attached hydrogens (tertiary/aromatic N) is 3. The average Bonchev–Trinajstić information content (AvgIpc) is 2.85. The molecule has 7 nitrogen and oxygen atoms in total. The smallest absolute Gasteiger partial charge is 0.278 e. The van der Waals surface area contributed by atoms with E-state index < -0.39 is 0 Å². The SMILES string of the molecule is Cn1nc(CCO)c2nc(NCc3ccc(Cl)c(Cl)c3)[nH]c(=O)c21. The summed E-state index contributed by atoms with van der Waals surface area (Å²) in [5.41, 5.74) is 2.04. The molecule has 0 spiro atoms. The Labute approximate surface area is 147 Å². The number of hydrogen-bond donors (Lipinski definition) is 3. The Morgan fingerprint density at radius 2 is 2.12 bits per heavy atom. The largest absolute Gasteiger partial charge is 0.396 e. The summed E-state index contributed by atoms with van der Waals surface area (Å²) in [4.78, 5) is 19.3. The van der Waals surface area contributed by atoms with Crippen molar-refractivity contribution in [1.29, 1.82) is 0 Å². The van der Waals surface area contributed by atoms with Gasteiger partial charge in [0.25, 0.3) is 5.56 Å². The summed E-state index contributed by atoms with van der Waals surface area (Å²) < 4.78 is 1.47. The molecule has 0 aliphatic carbocycles. The van der Waals surface area contributed by atoms with E-state index in [9.17, 15) is 4.79 Å². The van der Waals surface area contributed by atoms with E-state index in [1.54, 1.807) is 19.2 Å². The molecule has 3 rings (SSSR count). The highest BCUT2D eigenvalue weighted by Crippen LogP contribution is 2.23. The first kappa shape index (κ1) is 16.8. The third kappa shape index (κ3) is 3.24. The van der Waals surface area contributed by atoms with Gasteiger partial charge in [0.15, 0.2) is 5.52 Å². The van der Waals surface area contributed by atoms with Gasteiger partial charge in [-0.1, -0.05) is 29.3 Å². The fourth-order valence-electron chi connectivity index (χ4n) is 2.44. The Balaban J connectivity index is 1.90. The summed E-state index contributed by atoms with van der Waals surface area (Å²) >= 11 is 11.9. The zero-order valence-electron chi connectivity index (χ0n) is 12.8. The van der Waals surface area contributed by atoms with Gasteiger partial charge in [-0.05, 0) is 17.7 Å². The molecule has 0 saturated heterocycles. The molecule has 0 saturated carbocycles. The van der Waals surface area contributed by atoms with Crippen molar-refractivity contribution in [3.8, 4) is 0 Å². The normalized spacial score (nSPS) is 11.2. The van der Waals surface area contributed by atoms with Crippen LogP contribution >= 0.6 is 23.2 Å². The van der Waals surface area contributed by atoms with Gasteiger partial charge in [-0.25, -0.2) is 4.98 Å². The van der Waals surface area contributed by atoms with E-state index in [1.165, 1.54) is 4.68 Å². The van der Waals surface area contributed by atoms with E-state index in [0.717, 1.165) is 5.56 Å². The highest BCUT2D eigenvalue weighted by molar-refractivity contribution is 6.42. The second-order valence-electron chi connectivity index (χ2n) is 5.26. The molecule has 3 N–H and O–H groups in total. The van der Waals surface area contributed by atoms with Crippen molar-refractivity contribution in [3.05, 3.63) is 49.9 Å². The van der Waals surface area contributed by atoms with Crippen LogP contribution in [0.5, 0.6) is 0 Å². The van der Waals surface area contributed by atoms with Crippen molar-refractivity contribution >= 4 is 40.2 Å². The van der Waals surface area contributed by atoms with E-state index in [-0.39, 0.29) is 12.2 Å². The Morgan fingerprint density at radius 3 is 2.83 bits per heavy atom. The molecule has 126 valence electrons. The van der Waals surface area contributed by atoms with Crippen molar-refractivity contribution in [2.45, 2.75) is 13.0 Å². The minimum absolute atomic E-state index is 0.0629. The van der Waals surface area contributed by atoms with Gasteiger partial charge in [-0.15, -0.1) is 0 Å². The Morgan fingerprint density at radius 1 is 1.33 bits per heavy atom. The molecule has 0 aliphatic rings. The van der Waals surface area contributed by atoms with Crippen LogP contribution in [0.1, 0.15) is 11.3 Å².